The summed E-state index contributed by atoms with van der Waals surface area (Å²) in [5, 5.41) is 18.5. The molecule has 0 saturated carbocycles. The van der Waals surface area contributed by atoms with Gasteiger partial charge < -0.3 is 10.2 Å². The van der Waals surface area contributed by atoms with E-state index < -0.39 is 12.2 Å². The van der Waals surface area contributed by atoms with Crippen LogP contribution >= 0.6 is 0 Å². The number of nitrogens with zero attached hydrogens (tertiary/aromatic N) is 1. The highest BCUT2D eigenvalue weighted by Gasteiger charge is 2.35. The average molecular weight is 159 g/mol. The Labute approximate surface area is 67.6 Å². The van der Waals surface area contributed by atoms with Crippen molar-refractivity contribution in [1.29, 1.82) is 0 Å². The lowest BCUT2D eigenvalue weighted by molar-refractivity contribution is 0.0572. The molecule has 1 rings (SSSR count). The van der Waals surface area contributed by atoms with Crippen LogP contribution in [0.25, 0.3) is 0 Å². The van der Waals surface area contributed by atoms with Crippen molar-refractivity contribution in [3.05, 3.63) is 0 Å². The van der Waals surface area contributed by atoms with E-state index in [0.29, 0.717) is 13.1 Å². The lowest BCUT2D eigenvalue weighted by Crippen LogP contribution is -2.40. The number of rotatable bonds is 0. The number of β-amino-alcohol motifs (C(OH)–C–C–N with tert-alkyl or cyclic N) is 2. The number of hydrogen-bond donors (Lipinski definition) is 2. The van der Waals surface area contributed by atoms with Gasteiger partial charge in [0, 0.05) is 18.6 Å². The summed E-state index contributed by atoms with van der Waals surface area (Å²) in [6.07, 6.45) is -1.12. The molecular weight excluding hydrogens is 142 g/mol. The fraction of sp³-hybridized carbons (Fsp3) is 1.00. The van der Waals surface area contributed by atoms with Crippen LogP contribution in [-0.4, -0.2) is 45.9 Å². The van der Waals surface area contributed by atoms with Crippen LogP contribution in [0, 0.1) is 0 Å². The van der Waals surface area contributed by atoms with Crippen LogP contribution in [0.2, 0.25) is 0 Å². The minimum Gasteiger partial charge on any atom is -0.389 e. The van der Waals surface area contributed by atoms with Gasteiger partial charge in [-0.2, -0.15) is 0 Å². The Hall–Kier alpha value is -0.120. The minimum atomic E-state index is -0.561. The lowest BCUT2D eigenvalue weighted by Gasteiger charge is -2.31. The third-order valence-corrected chi connectivity index (χ3v) is 2.21. The standard InChI is InChI=1S/C8H17NO2/c1-8(2,3)9-4-6(10)7(11)5-9/h6-7,10-11H,4-5H2,1-3H3/t6-,7+. The molecule has 0 spiro atoms. The zero-order valence-electron chi connectivity index (χ0n) is 7.41. The van der Waals surface area contributed by atoms with Gasteiger partial charge in [-0.05, 0) is 20.8 Å². The van der Waals surface area contributed by atoms with E-state index in [0.717, 1.165) is 0 Å². The highest BCUT2D eigenvalue weighted by molar-refractivity contribution is 4.89. The molecule has 1 aliphatic heterocycles. The Morgan fingerprint density at radius 1 is 1.09 bits per heavy atom. The van der Waals surface area contributed by atoms with Gasteiger partial charge >= 0.3 is 0 Å². The Kier molecular flexibility index (Phi) is 2.23. The summed E-state index contributed by atoms with van der Waals surface area (Å²) in [6, 6.07) is 0. The summed E-state index contributed by atoms with van der Waals surface area (Å²) < 4.78 is 0. The van der Waals surface area contributed by atoms with Crippen LogP contribution in [0.4, 0.5) is 0 Å². The van der Waals surface area contributed by atoms with Crippen molar-refractivity contribution in [3.63, 3.8) is 0 Å². The molecule has 0 unspecified atom stereocenters. The minimum absolute atomic E-state index is 0.0540. The summed E-state index contributed by atoms with van der Waals surface area (Å²) in [4.78, 5) is 2.09. The molecule has 0 aromatic rings. The Morgan fingerprint density at radius 2 is 1.45 bits per heavy atom. The molecule has 0 radical (unpaired) electrons. The maximum absolute atomic E-state index is 9.24. The van der Waals surface area contributed by atoms with E-state index in [1.807, 2.05) is 0 Å². The number of aliphatic hydroxyl groups is 2. The van der Waals surface area contributed by atoms with E-state index >= 15 is 0 Å². The molecule has 3 nitrogen and oxygen atoms in total. The van der Waals surface area contributed by atoms with Crippen LogP contribution in [0.1, 0.15) is 20.8 Å². The second kappa shape index (κ2) is 2.73. The molecule has 1 fully saturated rings. The van der Waals surface area contributed by atoms with Gasteiger partial charge in [0.05, 0.1) is 12.2 Å². The normalized spacial score (nSPS) is 34.6. The molecular formula is C8H17NO2. The average Bonchev–Trinajstić information content (AvgIpc) is 2.11. The van der Waals surface area contributed by atoms with E-state index in [2.05, 4.69) is 25.7 Å². The Morgan fingerprint density at radius 3 is 1.64 bits per heavy atom. The molecule has 2 atom stereocenters. The number of hydrogen-bond acceptors (Lipinski definition) is 3. The zero-order valence-corrected chi connectivity index (χ0v) is 7.41. The lowest BCUT2D eigenvalue weighted by atomic mass is 10.1. The molecule has 0 aromatic heterocycles. The van der Waals surface area contributed by atoms with Crippen LogP contribution < -0.4 is 0 Å². The van der Waals surface area contributed by atoms with Gasteiger partial charge in [-0.15, -0.1) is 0 Å². The maximum Gasteiger partial charge on any atom is 0.0938 e. The first-order valence-corrected chi connectivity index (χ1v) is 4.02. The topological polar surface area (TPSA) is 43.7 Å². The van der Waals surface area contributed by atoms with Crippen LogP contribution in [-0.2, 0) is 0 Å². The molecule has 1 heterocycles. The summed E-state index contributed by atoms with van der Waals surface area (Å²) >= 11 is 0. The van der Waals surface area contributed by atoms with Gasteiger partial charge in [0.25, 0.3) is 0 Å². The molecule has 3 heteroatoms. The van der Waals surface area contributed by atoms with E-state index in [-0.39, 0.29) is 5.54 Å². The fourth-order valence-electron chi connectivity index (χ4n) is 1.32. The molecule has 2 N–H and O–H groups in total. The molecule has 0 aromatic carbocycles. The molecule has 0 amide bonds. The summed E-state index contributed by atoms with van der Waals surface area (Å²) in [5.41, 5.74) is 0.0540. The molecule has 11 heavy (non-hydrogen) atoms. The summed E-state index contributed by atoms with van der Waals surface area (Å²) in [6.45, 7) is 7.42. The Bertz CT molecular complexity index is 132. The van der Waals surface area contributed by atoms with Crippen molar-refractivity contribution in [2.75, 3.05) is 13.1 Å². The smallest absolute Gasteiger partial charge is 0.0938 e. The van der Waals surface area contributed by atoms with E-state index in [1.165, 1.54) is 0 Å². The number of aliphatic hydroxyl groups excluding tert-OH is 2. The quantitative estimate of drug-likeness (QED) is 0.515. The van der Waals surface area contributed by atoms with Gasteiger partial charge in [-0.25, -0.2) is 0 Å². The van der Waals surface area contributed by atoms with Gasteiger partial charge in [-0.3, -0.25) is 4.90 Å². The molecule has 0 aliphatic carbocycles. The van der Waals surface area contributed by atoms with Crippen molar-refractivity contribution in [3.8, 4) is 0 Å². The number of likely N-dealkylation sites (tertiary alicyclic amines) is 1. The second-order valence-electron chi connectivity index (χ2n) is 4.21. The second-order valence-corrected chi connectivity index (χ2v) is 4.21. The van der Waals surface area contributed by atoms with Crippen molar-refractivity contribution in [2.24, 2.45) is 0 Å². The van der Waals surface area contributed by atoms with Gasteiger partial charge in [0.1, 0.15) is 0 Å². The van der Waals surface area contributed by atoms with E-state index in [1.54, 1.807) is 0 Å². The van der Waals surface area contributed by atoms with Gasteiger partial charge in [0.2, 0.25) is 0 Å². The van der Waals surface area contributed by atoms with Crippen LogP contribution in [0.15, 0.2) is 0 Å². The SMILES string of the molecule is CC(C)(C)N1C[C@@H](O)[C@@H](O)C1. The third kappa shape index (κ3) is 1.92. The first kappa shape index (κ1) is 8.97. The third-order valence-electron chi connectivity index (χ3n) is 2.21. The van der Waals surface area contributed by atoms with Crippen molar-refractivity contribution in [1.82, 2.24) is 4.90 Å². The van der Waals surface area contributed by atoms with Crippen molar-refractivity contribution in [2.45, 2.75) is 38.5 Å². The van der Waals surface area contributed by atoms with Gasteiger partial charge in [0.15, 0.2) is 0 Å². The largest absolute Gasteiger partial charge is 0.389 e. The molecule has 1 aliphatic rings. The van der Waals surface area contributed by atoms with Crippen molar-refractivity contribution < 1.29 is 10.2 Å². The Balaban J connectivity index is 2.54. The first-order chi connectivity index (χ1) is 4.91. The predicted octanol–water partition coefficient (Wildman–Crippen LogP) is -0.178. The van der Waals surface area contributed by atoms with Gasteiger partial charge in [-0.1, -0.05) is 0 Å². The predicted molar refractivity (Wildman–Crippen MR) is 43.3 cm³/mol. The van der Waals surface area contributed by atoms with E-state index in [4.69, 9.17) is 0 Å². The fourth-order valence-corrected chi connectivity index (χ4v) is 1.32. The van der Waals surface area contributed by atoms with Crippen LogP contribution in [0.5, 0.6) is 0 Å². The zero-order chi connectivity index (χ0) is 8.65. The van der Waals surface area contributed by atoms with Crippen molar-refractivity contribution >= 4 is 0 Å². The summed E-state index contributed by atoms with van der Waals surface area (Å²) in [5.74, 6) is 0. The highest BCUT2D eigenvalue weighted by atomic mass is 16.3. The highest BCUT2D eigenvalue weighted by Crippen LogP contribution is 2.20. The monoisotopic (exact) mass is 159 g/mol. The first-order valence-electron chi connectivity index (χ1n) is 4.02. The molecule has 66 valence electrons. The summed E-state index contributed by atoms with van der Waals surface area (Å²) in [7, 11) is 0. The molecule has 0 bridgehead atoms. The van der Waals surface area contributed by atoms with E-state index in [9.17, 15) is 10.2 Å². The maximum atomic E-state index is 9.24. The van der Waals surface area contributed by atoms with Crippen LogP contribution in [0.3, 0.4) is 0 Å². The molecule has 1 saturated heterocycles.